The van der Waals surface area contributed by atoms with Crippen LogP contribution in [0.25, 0.3) is 11.2 Å². The van der Waals surface area contributed by atoms with Crippen molar-refractivity contribution in [1.29, 1.82) is 0 Å². The number of nitrogens with zero attached hydrogens (tertiary/aromatic N) is 4. The topological polar surface area (TPSA) is 184 Å². The number of hydrogen-bond donors (Lipinski definition) is 6. The maximum atomic E-state index is 12.3. The molecule has 0 unspecified atom stereocenters. The monoisotopic (exact) mass is 469 g/mol. The standard InChI is InChI=1S/C17H17Cl2N7O5/c18-7-2-1-6(8(19)3-7)4-21-25-17-22-10-13(23-16(20)24-14(10)30)26(17)15-12(29)11(28)9(5-27)31-15/h1-4,9,11-12,15,27-29H,5H2,(H,22,25)(H3,20,23,24,30)/b21-4-/t9-,11+,12-,15-/m0/s1. The van der Waals surface area contributed by atoms with Crippen molar-refractivity contribution in [3.05, 3.63) is 44.2 Å². The molecule has 14 heteroatoms. The lowest BCUT2D eigenvalue weighted by Gasteiger charge is -2.18. The van der Waals surface area contributed by atoms with E-state index in [-0.39, 0.29) is 23.1 Å². The highest BCUT2D eigenvalue weighted by atomic mass is 35.5. The predicted molar refractivity (Wildman–Crippen MR) is 113 cm³/mol. The van der Waals surface area contributed by atoms with Crippen LogP contribution in [0, 0.1) is 0 Å². The molecule has 0 saturated carbocycles. The zero-order valence-corrected chi connectivity index (χ0v) is 17.1. The van der Waals surface area contributed by atoms with Crippen molar-refractivity contribution in [2.45, 2.75) is 24.5 Å². The van der Waals surface area contributed by atoms with E-state index in [1.165, 1.54) is 10.8 Å². The highest BCUT2D eigenvalue weighted by Gasteiger charge is 2.45. The number of benzene rings is 1. The van der Waals surface area contributed by atoms with Crippen LogP contribution in [0.2, 0.25) is 10.0 Å². The number of fused-ring (bicyclic) bond motifs is 1. The Balaban J connectivity index is 1.76. The lowest BCUT2D eigenvalue weighted by atomic mass is 10.1. The van der Waals surface area contributed by atoms with E-state index in [9.17, 15) is 20.1 Å². The number of anilines is 2. The molecular formula is C17H17Cl2N7O5. The van der Waals surface area contributed by atoms with Crippen molar-refractivity contribution >= 4 is 52.5 Å². The largest absolute Gasteiger partial charge is 0.394 e. The Bertz CT molecular complexity index is 1210. The number of ether oxygens (including phenoxy) is 1. The highest BCUT2D eigenvalue weighted by molar-refractivity contribution is 6.36. The molecule has 4 rings (SSSR count). The van der Waals surface area contributed by atoms with Crippen molar-refractivity contribution in [2.75, 3.05) is 17.8 Å². The molecule has 1 aliphatic rings. The zero-order valence-electron chi connectivity index (χ0n) is 15.6. The molecule has 1 fully saturated rings. The first kappa shape index (κ1) is 21.5. The second-order valence-corrected chi connectivity index (χ2v) is 7.54. The third kappa shape index (κ3) is 3.96. The number of nitrogen functional groups attached to an aromatic ring is 1. The van der Waals surface area contributed by atoms with Gasteiger partial charge in [-0.3, -0.25) is 14.3 Å². The fraction of sp³-hybridized carbons (Fsp3) is 0.294. The Morgan fingerprint density at radius 3 is 2.77 bits per heavy atom. The van der Waals surface area contributed by atoms with Crippen molar-refractivity contribution in [3.8, 4) is 0 Å². The fourth-order valence-electron chi connectivity index (χ4n) is 3.18. The number of hydrogen-bond acceptors (Lipinski definition) is 10. The highest BCUT2D eigenvalue weighted by Crippen LogP contribution is 2.34. The van der Waals surface area contributed by atoms with Crippen molar-refractivity contribution in [2.24, 2.45) is 5.10 Å². The van der Waals surface area contributed by atoms with Crippen LogP contribution in [0.1, 0.15) is 11.8 Å². The molecule has 164 valence electrons. The second kappa shape index (κ2) is 8.42. The normalized spacial score (nSPS) is 23.8. The van der Waals surface area contributed by atoms with Gasteiger partial charge in [0.25, 0.3) is 5.56 Å². The summed E-state index contributed by atoms with van der Waals surface area (Å²) in [7, 11) is 0. The van der Waals surface area contributed by atoms with Crippen LogP contribution in [0.3, 0.4) is 0 Å². The molecule has 0 aliphatic carbocycles. The molecule has 7 N–H and O–H groups in total. The lowest BCUT2D eigenvalue weighted by molar-refractivity contribution is -0.0501. The van der Waals surface area contributed by atoms with E-state index in [4.69, 9.17) is 33.7 Å². The first-order valence-electron chi connectivity index (χ1n) is 8.94. The van der Waals surface area contributed by atoms with E-state index in [0.29, 0.717) is 15.6 Å². The van der Waals surface area contributed by atoms with Gasteiger partial charge < -0.3 is 25.8 Å². The van der Waals surface area contributed by atoms with Gasteiger partial charge >= 0.3 is 0 Å². The Morgan fingerprint density at radius 2 is 2.10 bits per heavy atom. The number of H-pyrrole nitrogens is 1. The molecule has 0 bridgehead atoms. The molecule has 12 nitrogen and oxygen atoms in total. The summed E-state index contributed by atoms with van der Waals surface area (Å²) in [6, 6.07) is 4.83. The molecule has 3 heterocycles. The van der Waals surface area contributed by atoms with Gasteiger partial charge in [0.15, 0.2) is 17.4 Å². The van der Waals surface area contributed by atoms with Gasteiger partial charge in [0.1, 0.15) is 18.3 Å². The van der Waals surface area contributed by atoms with Crippen LogP contribution in [0.15, 0.2) is 28.1 Å². The average molecular weight is 470 g/mol. The third-order valence-electron chi connectivity index (χ3n) is 4.67. The summed E-state index contributed by atoms with van der Waals surface area (Å²) in [5.74, 6) is -0.219. The molecule has 0 amide bonds. The Hall–Kier alpha value is -2.74. The first-order valence-corrected chi connectivity index (χ1v) is 9.70. The Morgan fingerprint density at radius 1 is 1.32 bits per heavy atom. The van der Waals surface area contributed by atoms with Crippen molar-refractivity contribution < 1.29 is 20.1 Å². The van der Waals surface area contributed by atoms with Crippen LogP contribution >= 0.6 is 23.2 Å². The van der Waals surface area contributed by atoms with Gasteiger partial charge in [-0.1, -0.05) is 29.3 Å². The summed E-state index contributed by atoms with van der Waals surface area (Å²) in [5.41, 5.74) is 8.10. The number of aromatic amines is 1. The number of hydrazone groups is 1. The minimum absolute atomic E-state index is 0.0154. The molecule has 0 radical (unpaired) electrons. The van der Waals surface area contributed by atoms with E-state index in [1.54, 1.807) is 18.2 Å². The molecule has 1 aliphatic heterocycles. The maximum absolute atomic E-state index is 12.3. The van der Waals surface area contributed by atoms with Crippen LogP contribution in [-0.4, -0.2) is 66.0 Å². The van der Waals surface area contributed by atoms with Gasteiger partial charge in [0.2, 0.25) is 11.9 Å². The first-order chi connectivity index (χ1) is 14.8. The molecule has 31 heavy (non-hydrogen) atoms. The summed E-state index contributed by atoms with van der Waals surface area (Å²) in [5, 5.41) is 34.8. The summed E-state index contributed by atoms with van der Waals surface area (Å²) in [6.45, 7) is -0.534. The van der Waals surface area contributed by atoms with E-state index in [0.717, 1.165) is 0 Å². The number of rotatable bonds is 5. The molecular weight excluding hydrogens is 453 g/mol. The minimum Gasteiger partial charge on any atom is -0.394 e. The number of aliphatic hydroxyl groups excluding tert-OH is 3. The van der Waals surface area contributed by atoms with Crippen LogP contribution < -0.4 is 16.7 Å². The molecule has 0 spiro atoms. The number of nitrogens with one attached hydrogen (secondary N) is 2. The molecule has 3 aromatic rings. The number of halogens is 2. The van der Waals surface area contributed by atoms with Crippen LogP contribution in [-0.2, 0) is 4.74 Å². The van der Waals surface area contributed by atoms with Gasteiger partial charge in [-0.25, -0.2) is 10.4 Å². The Kier molecular flexibility index (Phi) is 5.83. The van der Waals surface area contributed by atoms with Crippen molar-refractivity contribution in [1.82, 2.24) is 19.5 Å². The number of aliphatic hydroxyl groups is 3. The van der Waals surface area contributed by atoms with Crippen LogP contribution in [0.5, 0.6) is 0 Å². The molecule has 4 atom stereocenters. The quantitative estimate of drug-likeness (QED) is 0.222. The van der Waals surface area contributed by atoms with Crippen molar-refractivity contribution in [3.63, 3.8) is 0 Å². The SMILES string of the molecule is Nc1nc2c(nc(N/N=C\c3ccc(Cl)cc3Cl)n2[C@H]2O[C@@H](CO)[C@@H](O)[C@@H]2O)c(=O)[nH]1. The lowest BCUT2D eigenvalue weighted by Crippen LogP contribution is -2.33. The average Bonchev–Trinajstić information content (AvgIpc) is 3.21. The minimum atomic E-state index is -1.45. The zero-order chi connectivity index (χ0) is 22.3. The predicted octanol–water partition coefficient (Wildman–Crippen LogP) is 0.0661. The number of aromatic nitrogens is 4. The molecule has 1 saturated heterocycles. The van der Waals surface area contributed by atoms with Gasteiger partial charge in [-0.2, -0.15) is 10.1 Å². The summed E-state index contributed by atoms with van der Waals surface area (Å²) < 4.78 is 6.78. The van der Waals surface area contributed by atoms with E-state index >= 15 is 0 Å². The van der Waals surface area contributed by atoms with E-state index < -0.39 is 36.7 Å². The van der Waals surface area contributed by atoms with E-state index in [2.05, 4.69) is 25.5 Å². The maximum Gasteiger partial charge on any atom is 0.280 e. The van der Waals surface area contributed by atoms with Gasteiger partial charge in [-0.15, -0.1) is 0 Å². The Labute approximate surface area is 183 Å². The molecule has 1 aromatic carbocycles. The second-order valence-electron chi connectivity index (χ2n) is 6.69. The van der Waals surface area contributed by atoms with Gasteiger partial charge in [-0.05, 0) is 12.1 Å². The number of imidazole rings is 1. The number of nitrogens with two attached hydrogens (primary N) is 1. The third-order valence-corrected chi connectivity index (χ3v) is 5.23. The van der Waals surface area contributed by atoms with Crippen LogP contribution in [0.4, 0.5) is 11.9 Å². The summed E-state index contributed by atoms with van der Waals surface area (Å²) in [4.78, 5) is 22.8. The van der Waals surface area contributed by atoms with Gasteiger partial charge in [0.05, 0.1) is 17.8 Å². The summed E-state index contributed by atoms with van der Waals surface area (Å²) >= 11 is 12.0. The summed E-state index contributed by atoms with van der Waals surface area (Å²) in [6.07, 6.45) is -3.72. The van der Waals surface area contributed by atoms with E-state index in [1.807, 2.05) is 0 Å². The fourth-order valence-corrected chi connectivity index (χ4v) is 3.64. The smallest absolute Gasteiger partial charge is 0.280 e. The van der Waals surface area contributed by atoms with Gasteiger partial charge in [0, 0.05) is 10.6 Å². The molecule has 2 aromatic heterocycles.